The predicted molar refractivity (Wildman–Crippen MR) is 272 cm³/mol. The van der Waals surface area contributed by atoms with Crippen LogP contribution in [-0.4, -0.2) is 19.9 Å². The number of anilines is 1. The van der Waals surface area contributed by atoms with Gasteiger partial charge in [0.25, 0.3) is 0 Å². The molecule has 0 aliphatic heterocycles. The summed E-state index contributed by atoms with van der Waals surface area (Å²) in [6, 6.07) is 55.6. The van der Waals surface area contributed by atoms with Gasteiger partial charge < -0.3 is 5.73 Å². The molecule has 1 aliphatic carbocycles. The van der Waals surface area contributed by atoms with Crippen LogP contribution in [0.2, 0.25) is 0 Å². The van der Waals surface area contributed by atoms with E-state index in [1.165, 1.54) is 38.6 Å². The number of hydrogen-bond acceptors (Lipinski definition) is 5. The summed E-state index contributed by atoms with van der Waals surface area (Å²) in [5.41, 5.74) is 24.5. The van der Waals surface area contributed by atoms with E-state index in [-0.39, 0.29) is 0 Å². The maximum atomic E-state index is 6.86. The topological polar surface area (TPSA) is 77.6 Å². The molecular formula is C59H47N5. The van der Waals surface area contributed by atoms with Crippen LogP contribution in [0.5, 0.6) is 0 Å². The van der Waals surface area contributed by atoms with E-state index in [1.807, 2.05) is 44.4 Å². The lowest BCUT2D eigenvalue weighted by atomic mass is 9.93. The van der Waals surface area contributed by atoms with Gasteiger partial charge in [0, 0.05) is 33.7 Å². The first-order valence-corrected chi connectivity index (χ1v) is 21.7. The normalized spacial score (nSPS) is 11.2. The fourth-order valence-electron chi connectivity index (χ4n) is 8.47. The molecule has 2 N–H and O–H groups in total. The molecule has 11 rings (SSSR count). The zero-order chi connectivity index (χ0) is 44.0. The Bertz CT molecular complexity index is 3360. The second-order valence-electron chi connectivity index (χ2n) is 15.3. The molecule has 3 aromatic heterocycles. The molecule has 7 aromatic carbocycles. The summed E-state index contributed by atoms with van der Waals surface area (Å²) < 4.78 is 0. The van der Waals surface area contributed by atoms with Crippen molar-refractivity contribution in [3.05, 3.63) is 219 Å². The minimum atomic E-state index is 0.669. The van der Waals surface area contributed by atoms with Crippen molar-refractivity contribution in [1.29, 1.82) is 0 Å². The van der Waals surface area contributed by atoms with E-state index in [9.17, 15) is 0 Å². The van der Waals surface area contributed by atoms with Gasteiger partial charge in [0.15, 0.2) is 0 Å². The van der Waals surface area contributed by atoms with Crippen molar-refractivity contribution >= 4 is 44.3 Å². The third-order valence-electron chi connectivity index (χ3n) is 11.5. The highest BCUT2D eigenvalue weighted by atomic mass is 14.8. The summed E-state index contributed by atoms with van der Waals surface area (Å²) in [7, 11) is 0. The zero-order valence-electron chi connectivity index (χ0n) is 36.0. The van der Waals surface area contributed by atoms with Crippen LogP contribution in [-0.2, 0) is 6.42 Å². The average Bonchev–Trinajstić information content (AvgIpc) is 3.70. The molecule has 0 saturated heterocycles. The van der Waals surface area contributed by atoms with Crippen LogP contribution < -0.4 is 5.73 Å². The molecule has 10 aromatic rings. The number of benzene rings is 7. The maximum Gasteiger partial charge on any atom is 0.0944 e. The first-order chi connectivity index (χ1) is 31.6. The van der Waals surface area contributed by atoms with Crippen molar-refractivity contribution in [3.8, 4) is 67.2 Å². The molecule has 3 heterocycles. The molecule has 308 valence electrons. The summed E-state index contributed by atoms with van der Waals surface area (Å²) >= 11 is 0. The molecule has 0 fully saturated rings. The number of aromatic nitrogens is 4. The SMILES string of the molecule is C=CC=C.CC.Nc1c(/C=C\Cc2cccc(-c3cncc(-c4cnc5ccccc5c4)n3)c2)ccc2ccc(-c3cccc(-c4ccc5c6c(cccc46)-c4ccccc4-5)c3)nc12. The second kappa shape index (κ2) is 18.4. The van der Waals surface area contributed by atoms with Crippen molar-refractivity contribution in [2.75, 3.05) is 5.73 Å². The quantitative estimate of drug-likeness (QED) is 0.122. The minimum absolute atomic E-state index is 0.669. The molecule has 0 radical (unpaired) electrons. The van der Waals surface area contributed by atoms with Gasteiger partial charge in [-0.05, 0) is 92.0 Å². The Labute approximate surface area is 374 Å². The molecule has 0 atom stereocenters. The molecule has 0 saturated carbocycles. The summed E-state index contributed by atoms with van der Waals surface area (Å²) in [4.78, 5) is 19.3. The molecule has 5 heteroatoms. The summed E-state index contributed by atoms with van der Waals surface area (Å²) in [5.74, 6) is 0. The number of rotatable bonds is 8. The number of para-hydroxylation sites is 1. The van der Waals surface area contributed by atoms with Crippen LogP contribution in [0.25, 0.3) is 106 Å². The fourth-order valence-corrected chi connectivity index (χ4v) is 8.47. The van der Waals surface area contributed by atoms with Gasteiger partial charge in [0.1, 0.15) is 0 Å². The summed E-state index contributed by atoms with van der Waals surface area (Å²) in [6.45, 7) is 10.7. The van der Waals surface area contributed by atoms with Crippen molar-refractivity contribution < 1.29 is 0 Å². The predicted octanol–water partition coefficient (Wildman–Crippen LogP) is 15.3. The number of nitrogen functional groups attached to an aromatic ring is 1. The van der Waals surface area contributed by atoms with Gasteiger partial charge in [-0.15, -0.1) is 0 Å². The first-order valence-electron chi connectivity index (χ1n) is 21.7. The van der Waals surface area contributed by atoms with E-state index in [4.69, 9.17) is 15.7 Å². The molecular weight excluding hydrogens is 779 g/mol. The smallest absolute Gasteiger partial charge is 0.0944 e. The Morgan fingerprint density at radius 1 is 0.516 bits per heavy atom. The van der Waals surface area contributed by atoms with Crippen molar-refractivity contribution in [3.63, 3.8) is 0 Å². The Kier molecular flexibility index (Phi) is 11.8. The van der Waals surface area contributed by atoms with Crippen LogP contribution in [0.15, 0.2) is 208 Å². The summed E-state index contributed by atoms with van der Waals surface area (Å²) in [5, 5.41) is 4.68. The lowest BCUT2D eigenvalue weighted by Gasteiger charge is -2.12. The Morgan fingerprint density at radius 3 is 1.98 bits per heavy atom. The van der Waals surface area contributed by atoms with Gasteiger partial charge in [-0.3, -0.25) is 9.97 Å². The van der Waals surface area contributed by atoms with E-state index in [0.29, 0.717) is 5.69 Å². The lowest BCUT2D eigenvalue weighted by molar-refractivity contribution is 1.20. The van der Waals surface area contributed by atoms with Gasteiger partial charge in [0.2, 0.25) is 0 Å². The highest BCUT2D eigenvalue weighted by molar-refractivity contribution is 6.18. The molecule has 64 heavy (non-hydrogen) atoms. The van der Waals surface area contributed by atoms with Crippen LogP contribution in [0.4, 0.5) is 5.69 Å². The Morgan fingerprint density at radius 2 is 1.17 bits per heavy atom. The third kappa shape index (κ3) is 7.99. The molecule has 5 nitrogen and oxygen atoms in total. The molecule has 0 unspecified atom stereocenters. The zero-order valence-corrected chi connectivity index (χ0v) is 36.0. The third-order valence-corrected chi connectivity index (χ3v) is 11.5. The second-order valence-corrected chi connectivity index (χ2v) is 15.3. The summed E-state index contributed by atoms with van der Waals surface area (Å²) in [6.07, 6.45) is 13.7. The van der Waals surface area contributed by atoms with Gasteiger partial charge in [-0.1, -0.05) is 179 Å². The van der Waals surface area contributed by atoms with E-state index < -0.39 is 0 Å². The largest absolute Gasteiger partial charge is 0.396 e. The van der Waals surface area contributed by atoms with Crippen molar-refractivity contribution in [2.45, 2.75) is 20.3 Å². The number of fused-ring (bicyclic) bond motifs is 5. The number of nitrogens with two attached hydrogens (primary N) is 1. The molecule has 0 amide bonds. The van der Waals surface area contributed by atoms with Gasteiger partial charge >= 0.3 is 0 Å². The fraction of sp³-hybridized carbons (Fsp3) is 0.0508. The number of nitrogens with zero attached hydrogens (tertiary/aromatic N) is 4. The minimum Gasteiger partial charge on any atom is -0.396 e. The van der Waals surface area contributed by atoms with E-state index in [1.54, 1.807) is 18.3 Å². The van der Waals surface area contributed by atoms with E-state index >= 15 is 0 Å². The van der Waals surface area contributed by atoms with Crippen molar-refractivity contribution in [1.82, 2.24) is 19.9 Å². The van der Waals surface area contributed by atoms with Crippen LogP contribution in [0, 0.1) is 0 Å². The molecule has 1 aliphatic rings. The highest BCUT2D eigenvalue weighted by Gasteiger charge is 2.22. The standard InChI is InChI=1S/C53H35N5.C4H6.C2H6/c54-52-34(12-5-9-33-10-6-14-37(27-33)49-31-55-32-50(57-49)40-29-38-11-1-4-20-47(38)56-30-40)21-22-35-23-26-48(58-53(35)52)39-15-7-13-36(28-39)41-24-25-46-43-17-3-2-16-42(43)45-19-8-18-44(41)51(45)46;1-3-4-2;1-2/h1-8,10-32H,9,54H2;3-4H,1-2H2;1-2H3/b12-5-;;. The maximum absolute atomic E-state index is 6.86. The Balaban J connectivity index is 0.000000821. The monoisotopic (exact) mass is 825 g/mol. The molecule has 0 bridgehead atoms. The first kappa shape index (κ1) is 41.1. The number of allylic oxidation sites excluding steroid dienone is 3. The van der Waals surface area contributed by atoms with Gasteiger partial charge in [0.05, 0.1) is 46.2 Å². The number of hydrogen-bond donors (Lipinski definition) is 1. The Hall–Kier alpha value is -8.28. The highest BCUT2D eigenvalue weighted by Crippen LogP contribution is 2.49. The van der Waals surface area contributed by atoms with E-state index in [2.05, 4.69) is 175 Å². The van der Waals surface area contributed by atoms with E-state index in [0.717, 1.165) is 78.7 Å². The van der Waals surface area contributed by atoms with Crippen molar-refractivity contribution in [2.24, 2.45) is 0 Å². The van der Waals surface area contributed by atoms with Crippen LogP contribution in [0.3, 0.4) is 0 Å². The lowest BCUT2D eigenvalue weighted by Crippen LogP contribution is -1.95. The van der Waals surface area contributed by atoms with Crippen LogP contribution in [0.1, 0.15) is 25.0 Å². The van der Waals surface area contributed by atoms with Gasteiger partial charge in [-0.2, -0.15) is 0 Å². The average molecular weight is 826 g/mol. The van der Waals surface area contributed by atoms with Gasteiger partial charge in [-0.25, -0.2) is 9.97 Å². The number of pyridine rings is 2. The van der Waals surface area contributed by atoms with Crippen LogP contribution >= 0.6 is 0 Å². The molecule has 0 spiro atoms.